The standard InChI is InChI=1S/C19H18N4O3/c24-10-18-21-17(22-23-18)9-20-19(25)26-11-16-14-7-3-1-5-12(14)13-6-2-4-8-15(13)16/h1-8,16,24H,9-11H2,(H,20,25)(H,21,22,23). The number of hydrogen-bond donors (Lipinski definition) is 3. The molecular weight excluding hydrogens is 332 g/mol. The van der Waals surface area contributed by atoms with Crippen molar-refractivity contribution in [2.45, 2.75) is 19.1 Å². The van der Waals surface area contributed by atoms with Gasteiger partial charge in [0, 0.05) is 5.92 Å². The Morgan fingerprint density at radius 1 is 1.12 bits per heavy atom. The summed E-state index contributed by atoms with van der Waals surface area (Å²) in [5.74, 6) is 0.774. The largest absolute Gasteiger partial charge is 0.449 e. The summed E-state index contributed by atoms with van der Waals surface area (Å²) >= 11 is 0. The lowest BCUT2D eigenvalue weighted by Crippen LogP contribution is -2.26. The van der Waals surface area contributed by atoms with Gasteiger partial charge in [-0.15, -0.1) is 0 Å². The summed E-state index contributed by atoms with van der Waals surface area (Å²) in [6, 6.07) is 16.4. The van der Waals surface area contributed by atoms with Gasteiger partial charge in [-0.25, -0.2) is 9.78 Å². The first-order valence-electron chi connectivity index (χ1n) is 8.36. The van der Waals surface area contributed by atoms with Crippen LogP contribution in [0.4, 0.5) is 4.79 Å². The molecule has 1 aromatic heterocycles. The normalized spacial score (nSPS) is 12.5. The molecule has 4 rings (SSSR count). The predicted octanol–water partition coefficient (Wildman–Crippen LogP) is 2.34. The topological polar surface area (TPSA) is 100 Å². The molecule has 7 heteroatoms. The molecule has 0 saturated heterocycles. The lowest BCUT2D eigenvalue weighted by molar-refractivity contribution is 0.142. The number of alkyl carbamates (subject to hydrolysis) is 1. The molecule has 3 aromatic rings. The molecule has 0 bridgehead atoms. The molecule has 7 nitrogen and oxygen atoms in total. The molecule has 0 aliphatic heterocycles. The van der Waals surface area contributed by atoms with Crippen molar-refractivity contribution in [2.75, 3.05) is 6.61 Å². The Kier molecular flexibility index (Phi) is 4.37. The molecule has 0 unspecified atom stereocenters. The minimum atomic E-state index is -0.520. The molecule has 26 heavy (non-hydrogen) atoms. The number of rotatable bonds is 5. The lowest BCUT2D eigenvalue weighted by atomic mass is 9.98. The summed E-state index contributed by atoms with van der Waals surface area (Å²) in [7, 11) is 0. The average molecular weight is 350 g/mol. The molecule has 1 heterocycles. The van der Waals surface area contributed by atoms with E-state index in [4.69, 9.17) is 9.84 Å². The van der Waals surface area contributed by atoms with Gasteiger partial charge in [0.25, 0.3) is 0 Å². The number of ether oxygens (including phenoxy) is 1. The van der Waals surface area contributed by atoms with Gasteiger partial charge < -0.3 is 15.2 Å². The summed E-state index contributed by atoms with van der Waals surface area (Å²) in [5, 5.41) is 18.0. The highest BCUT2D eigenvalue weighted by molar-refractivity contribution is 5.79. The maximum absolute atomic E-state index is 12.0. The van der Waals surface area contributed by atoms with E-state index in [9.17, 15) is 4.79 Å². The molecule has 0 spiro atoms. The quantitative estimate of drug-likeness (QED) is 0.656. The van der Waals surface area contributed by atoms with Crippen LogP contribution < -0.4 is 5.32 Å². The van der Waals surface area contributed by atoms with Gasteiger partial charge >= 0.3 is 6.09 Å². The first kappa shape index (κ1) is 16.3. The number of nitrogens with one attached hydrogen (secondary N) is 2. The van der Waals surface area contributed by atoms with Crippen molar-refractivity contribution in [3.05, 3.63) is 71.3 Å². The second-order valence-electron chi connectivity index (χ2n) is 6.04. The third-order valence-electron chi connectivity index (χ3n) is 4.46. The Balaban J connectivity index is 1.40. The first-order valence-corrected chi connectivity index (χ1v) is 8.36. The van der Waals surface area contributed by atoms with Crippen LogP contribution in [-0.4, -0.2) is 33.0 Å². The van der Waals surface area contributed by atoms with Gasteiger partial charge in [0.15, 0.2) is 5.82 Å². The lowest BCUT2D eigenvalue weighted by Gasteiger charge is -2.14. The maximum Gasteiger partial charge on any atom is 0.407 e. The van der Waals surface area contributed by atoms with Crippen molar-refractivity contribution in [3.63, 3.8) is 0 Å². The summed E-state index contributed by atoms with van der Waals surface area (Å²) < 4.78 is 5.43. The third-order valence-corrected chi connectivity index (χ3v) is 4.46. The van der Waals surface area contributed by atoms with Crippen LogP contribution in [0, 0.1) is 0 Å². The monoisotopic (exact) mass is 350 g/mol. The molecular formula is C19H18N4O3. The fourth-order valence-electron chi connectivity index (χ4n) is 3.29. The van der Waals surface area contributed by atoms with E-state index in [1.54, 1.807) is 0 Å². The number of aliphatic hydroxyl groups is 1. The van der Waals surface area contributed by atoms with Crippen molar-refractivity contribution in [1.29, 1.82) is 0 Å². The molecule has 132 valence electrons. The molecule has 1 aliphatic rings. The fourth-order valence-corrected chi connectivity index (χ4v) is 3.29. The van der Waals surface area contributed by atoms with Crippen molar-refractivity contribution in [2.24, 2.45) is 0 Å². The zero-order valence-electron chi connectivity index (χ0n) is 14.0. The van der Waals surface area contributed by atoms with Crippen molar-refractivity contribution < 1.29 is 14.6 Å². The van der Waals surface area contributed by atoms with E-state index in [0.717, 1.165) is 0 Å². The number of hydrogen-bond acceptors (Lipinski definition) is 5. The highest BCUT2D eigenvalue weighted by atomic mass is 16.5. The van der Waals surface area contributed by atoms with E-state index >= 15 is 0 Å². The number of aromatic nitrogens is 3. The van der Waals surface area contributed by atoms with Crippen molar-refractivity contribution >= 4 is 6.09 Å². The molecule has 0 radical (unpaired) electrons. The SMILES string of the molecule is O=C(NCc1nc(CO)n[nH]1)OCC1c2ccccc2-c2ccccc21. The van der Waals surface area contributed by atoms with E-state index in [2.05, 4.69) is 44.8 Å². The van der Waals surface area contributed by atoms with Crippen LogP contribution in [0.2, 0.25) is 0 Å². The minimum absolute atomic E-state index is 0.0272. The van der Waals surface area contributed by atoms with E-state index in [0.29, 0.717) is 5.82 Å². The smallest absolute Gasteiger partial charge is 0.407 e. The Morgan fingerprint density at radius 2 is 1.77 bits per heavy atom. The Labute approximate surface area is 150 Å². The zero-order chi connectivity index (χ0) is 17.9. The summed E-state index contributed by atoms with van der Waals surface area (Å²) in [5.41, 5.74) is 4.72. The second kappa shape index (κ2) is 6.97. The van der Waals surface area contributed by atoms with Gasteiger partial charge in [-0.1, -0.05) is 48.5 Å². The van der Waals surface area contributed by atoms with Crippen LogP contribution in [0.3, 0.4) is 0 Å². The van der Waals surface area contributed by atoms with Gasteiger partial charge in [-0.05, 0) is 22.3 Å². The Hall–Kier alpha value is -3.19. The second-order valence-corrected chi connectivity index (χ2v) is 6.04. The van der Waals surface area contributed by atoms with E-state index in [1.807, 2.05) is 24.3 Å². The first-order chi connectivity index (χ1) is 12.8. The van der Waals surface area contributed by atoms with Gasteiger partial charge in [0.05, 0.1) is 6.54 Å². The zero-order valence-corrected chi connectivity index (χ0v) is 14.0. The van der Waals surface area contributed by atoms with Crippen LogP contribution in [0.15, 0.2) is 48.5 Å². The average Bonchev–Trinajstić information content (AvgIpc) is 3.27. The Bertz CT molecular complexity index is 892. The van der Waals surface area contributed by atoms with Crippen LogP contribution in [0.1, 0.15) is 28.7 Å². The van der Waals surface area contributed by atoms with Gasteiger partial charge in [0.2, 0.25) is 0 Å². The number of nitrogens with zero attached hydrogens (tertiary/aromatic N) is 2. The number of amides is 1. The molecule has 0 saturated carbocycles. The van der Waals surface area contributed by atoms with Crippen LogP contribution in [0.25, 0.3) is 11.1 Å². The number of aromatic amines is 1. The predicted molar refractivity (Wildman–Crippen MR) is 94.2 cm³/mol. The number of H-pyrrole nitrogens is 1. The Morgan fingerprint density at radius 3 is 2.38 bits per heavy atom. The van der Waals surface area contributed by atoms with E-state index in [1.165, 1.54) is 22.3 Å². The number of carbonyl (C=O) groups excluding carboxylic acids is 1. The molecule has 0 fully saturated rings. The van der Waals surface area contributed by atoms with Gasteiger partial charge in [-0.2, -0.15) is 5.10 Å². The summed E-state index contributed by atoms with van der Waals surface area (Å²) in [6.45, 7) is 0.170. The highest BCUT2D eigenvalue weighted by Crippen LogP contribution is 2.44. The van der Waals surface area contributed by atoms with Crippen LogP contribution >= 0.6 is 0 Å². The minimum Gasteiger partial charge on any atom is -0.449 e. The summed E-state index contributed by atoms with van der Waals surface area (Å²) in [4.78, 5) is 16.0. The van der Waals surface area contributed by atoms with Gasteiger partial charge in [0.1, 0.15) is 19.0 Å². The molecule has 2 aromatic carbocycles. The van der Waals surface area contributed by atoms with Crippen molar-refractivity contribution in [1.82, 2.24) is 20.5 Å². The van der Waals surface area contributed by atoms with E-state index < -0.39 is 6.09 Å². The van der Waals surface area contributed by atoms with Crippen LogP contribution in [-0.2, 0) is 17.9 Å². The van der Waals surface area contributed by atoms with Crippen molar-refractivity contribution in [3.8, 4) is 11.1 Å². The molecule has 1 aliphatic carbocycles. The maximum atomic E-state index is 12.0. The van der Waals surface area contributed by atoms with E-state index in [-0.39, 0.29) is 31.5 Å². The number of fused-ring (bicyclic) bond motifs is 3. The third kappa shape index (κ3) is 3.04. The highest BCUT2D eigenvalue weighted by Gasteiger charge is 2.28. The van der Waals surface area contributed by atoms with Crippen LogP contribution in [0.5, 0.6) is 0 Å². The number of carbonyl (C=O) groups is 1. The summed E-state index contributed by atoms with van der Waals surface area (Å²) in [6.07, 6.45) is -0.520. The molecule has 3 N–H and O–H groups in total. The number of aliphatic hydroxyl groups excluding tert-OH is 1. The number of benzene rings is 2. The molecule has 0 atom stereocenters. The van der Waals surface area contributed by atoms with Gasteiger partial charge in [-0.3, -0.25) is 5.10 Å². The molecule has 1 amide bonds. The fraction of sp³-hybridized carbons (Fsp3) is 0.211.